The van der Waals surface area contributed by atoms with E-state index >= 15 is 0 Å². The number of nitrogens with zero attached hydrogens (tertiary/aromatic N) is 1. The standard InChI is InChI=1S/C10H10BrNO.C2H4/c1-3-8(4-2)13-9-6-5-7-12-10(9)11;1-2/h3-7H,1H2,2H3;1-2H2/b8-4+;. The van der Waals surface area contributed by atoms with Gasteiger partial charge in [-0.3, -0.25) is 0 Å². The molecule has 15 heavy (non-hydrogen) atoms. The highest BCUT2D eigenvalue weighted by Gasteiger charge is 2.01. The minimum atomic E-state index is 0.690. The molecule has 0 N–H and O–H groups in total. The molecular formula is C12H14BrNO. The normalized spacial score (nSPS) is 9.87. The molecule has 80 valence electrons. The molecule has 0 unspecified atom stereocenters. The molecule has 0 aliphatic rings. The Hall–Kier alpha value is -1.35. The van der Waals surface area contributed by atoms with Gasteiger partial charge in [0.05, 0.1) is 0 Å². The molecule has 1 heterocycles. The topological polar surface area (TPSA) is 22.1 Å². The summed E-state index contributed by atoms with van der Waals surface area (Å²) < 4.78 is 6.17. The van der Waals surface area contributed by atoms with Crippen molar-refractivity contribution in [3.8, 4) is 5.75 Å². The second-order valence-corrected chi connectivity index (χ2v) is 3.04. The van der Waals surface area contributed by atoms with Crippen LogP contribution in [0.5, 0.6) is 5.75 Å². The molecule has 1 aromatic rings. The lowest BCUT2D eigenvalue weighted by molar-refractivity contribution is 0.438. The summed E-state index contributed by atoms with van der Waals surface area (Å²) in [6.07, 6.45) is 5.19. The van der Waals surface area contributed by atoms with Gasteiger partial charge in [0.1, 0.15) is 10.4 Å². The highest BCUT2D eigenvalue weighted by Crippen LogP contribution is 2.23. The van der Waals surface area contributed by atoms with Crippen LogP contribution >= 0.6 is 15.9 Å². The molecule has 0 atom stereocenters. The smallest absolute Gasteiger partial charge is 0.160 e. The van der Waals surface area contributed by atoms with Crippen LogP contribution in [-0.4, -0.2) is 4.98 Å². The van der Waals surface area contributed by atoms with E-state index in [2.05, 4.69) is 40.7 Å². The van der Waals surface area contributed by atoms with Crippen LogP contribution in [0.15, 0.2) is 60.6 Å². The van der Waals surface area contributed by atoms with Crippen molar-refractivity contribution in [2.24, 2.45) is 0 Å². The minimum absolute atomic E-state index is 0.690. The molecule has 0 amide bonds. The Morgan fingerprint density at radius 2 is 2.20 bits per heavy atom. The van der Waals surface area contributed by atoms with Crippen LogP contribution in [-0.2, 0) is 0 Å². The van der Waals surface area contributed by atoms with Crippen molar-refractivity contribution in [2.45, 2.75) is 6.92 Å². The fourth-order valence-corrected chi connectivity index (χ4v) is 1.12. The Morgan fingerprint density at radius 1 is 1.53 bits per heavy atom. The summed E-state index contributed by atoms with van der Waals surface area (Å²) in [5.74, 6) is 1.41. The highest BCUT2D eigenvalue weighted by atomic mass is 79.9. The van der Waals surface area contributed by atoms with E-state index in [0.717, 1.165) is 0 Å². The third kappa shape index (κ3) is 4.61. The zero-order valence-corrected chi connectivity index (χ0v) is 10.3. The number of hydrogen-bond donors (Lipinski definition) is 0. The van der Waals surface area contributed by atoms with Crippen LogP contribution in [0.1, 0.15) is 6.92 Å². The number of allylic oxidation sites excluding steroid dienone is 2. The quantitative estimate of drug-likeness (QED) is 0.356. The summed E-state index contributed by atoms with van der Waals surface area (Å²) in [4.78, 5) is 4.03. The lowest BCUT2D eigenvalue weighted by atomic mass is 10.4. The lowest BCUT2D eigenvalue weighted by Gasteiger charge is -2.06. The predicted octanol–water partition coefficient (Wildman–Crippen LogP) is 4.11. The van der Waals surface area contributed by atoms with E-state index in [-0.39, 0.29) is 0 Å². The first-order valence-corrected chi connectivity index (χ1v) is 5.14. The van der Waals surface area contributed by atoms with E-state index in [4.69, 9.17) is 4.74 Å². The molecule has 0 saturated carbocycles. The van der Waals surface area contributed by atoms with Crippen molar-refractivity contribution >= 4 is 15.9 Å². The van der Waals surface area contributed by atoms with Crippen LogP contribution in [0.2, 0.25) is 0 Å². The third-order valence-corrected chi connectivity index (χ3v) is 2.03. The summed E-state index contributed by atoms with van der Waals surface area (Å²) in [6, 6.07) is 3.65. The van der Waals surface area contributed by atoms with Crippen molar-refractivity contribution in [3.63, 3.8) is 0 Å². The SMILES string of the molecule is C=C.C=C/C(=C\C)Oc1cccnc1Br. The van der Waals surface area contributed by atoms with Gasteiger partial charge in [0.2, 0.25) is 0 Å². The number of aromatic nitrogens is 1. The van der Waals surface area contributed by atoms with Crippen LogP contribution < -0.4 is 4.74 Å². The van der Waals surface area contributed by atoms with Gasteiger partial charge in [0.25, 0.3) is 0 Å². The van der Waals surface area contributed by atoms with Gasteiger partial charge in [-0.1, -0.05) is 6.58 Å². The molecule has 1 aromatic heterocycles. The summed E-state index contributed by atoms with van der Waals surface area (Å²) in [5.41, 5.74) is 0. The monoisotopic (exact) mass is 267 g/mol. The Bertz CT molecular complexity index is 347. The summed E-state index contributed by atoms with van der Waals surface area (Å²) in [6.45, 7) is 11.5. The van der Waals surface area contributed by atoms with Crippen LogP contribution in [0.4, 0.5) is 0 Å². The van der Waals surface area contributed by atoms with Crippen molar-refractivity contribution in [2.75, 3.05) is 0 Å². The molecule has 0 bridgehead atoms. The van der Waals surface area contributed by atoms with Crippen molar-refractivity contribution in [1.29, 1.82) is 0 Å². The number of rotatable bonds is 3. The lowest BCUT2D eigenvalue weighted by Crippen LogP contribution is -1.92. The van der Waals surface area contributed by atoms with Gasteiger partial charge < -0.3 is 4.74 Å². The maximum atomic E-state index is 5.48. The molecule has 0 aliphatic carbocycles. The summed E-state index contributed by atoms with van der Waals surface area (Å²) in [7, 11) is 0. The Labute approximate surface area is 99.1 Å². The molecule has 0 radical (unpaired) electrons. The Kier molecular flexibility index (Phi) is 7.28. The van der Waals surface area contributed by atoms with E-state index < -0.39 is 0 Å². The third-order valence-electron chi connectivity index (χ3n) is 1.44. The molecule has 0 aromatic carbocycles. The van der Waals surface area contributed by atoms with Gasteiger partial charge in [-0.15, -0.1) is 13.2 Å². The molecule has 1 rings (SSSR count). The minimum Gasteiger partial charge on any atom is -0.455 e. The van der Waals surface area contributed by atoms with Gasteiger partial charge in [0, 0.05) is 6.20 Å². The van der Waals surface area contributed by atoms with Gasteiger partial charge in [-0.25, -0.2) is 4.98 Å². The number of halogens is 1. The van der Waals surface area contributed by atoms with E-state index in [1.54, 1.807) is 12.3 Å². The predicted molar refractivity (Wildman–Crippen MR) is 67.8 cm³/mol. The fraction of sp³-hybridized carbons (Fsp3) is 0.0833. The van der Waals surface area contributed by atoms with E-state index in [1.807, 2.05) is 25.1 Å². The maximum absolute atomic E-state index is 5.48. The first-order valence-electron chi connectivity index (χ1n) is 4.35. The van der Waals surface area contributed by atoms with Gasteiger partial charge in [0.15, 0.2) is 5.75 Å². The van der Waals surface area contributed by atoms with E-state index in [9.17, 15) is 0 Å². The second-order valence-electron chi connectivity index (χ2n) is 2.29. The first-order chi connectivity index (χ1) is 7.27. The van der Waals surface area contributed by atoms with Crippen molar-refractivity contribution in [1.82, 2.24) is 4.98 Å². The molecule has 2 nitrogen and oxygen atoms in total. The molecule has 0 spiro atoms. The number of ether oxygens (including phenoxy) is 1. The van der Waals surface area contributed by atoms with E-state index in [1.165, 1.54) is 0 Å². The summed E-state index contributed by atoms with van der Waals surface area (Å²) >= 11 is 3.29. The van der Waals surface area contributed by atoms with Crippen LogP contribution in [0.3, 0.4) is 0 Å². The summed E-state index contributed by atoms with van der Waals surface area (Å²) in [5, 5.41) is 0. The van der Waals surface area contributed by atoms with Gasteiger partial charge in [-0.2, -0.15) is 0 Å². The van der Waals surface area contributed by atoms with Gasteiger partial charge >= 0.3 is 0 Å². The zero-order chi connectivity index (χ0) is 11.7. The van der Waals surface area contributed by atoms with E-state index in [0.29, 0.717) is 16.1 Å². The molecule has 0 aliphatic heterocycles. The Morgan fingerprint density at radius 3 is 2.67 bits per heavy atom. The molecule has 3 heteroatoms. The van der Waals surface area contributed by atoms with Crippen LogP contribution in [0.25, 0.3) is 0 Å². The maximum Gasteiger partial charge on any atom is 0.160 e. The Balaban J connectivity index is 0.000000921. The average Bonchev–Trinajstić information content (AvgIpc) is 2.31. The van der Waals surface area contributed by atoms with Crippen molar-refractivity contribution in [3.05, 3.63) is 60.6 Å². The number of pyridine rings is 1. The second kappa shape index (κ2) is 8.00. The molecule has 0 saturated heterocycles. The van der Waals surface area contributed by atoms with Gasteiger partial charge in [-0.05, 0) is 47.1 Å². The molecular weight excluding hydrogens is 254 g/mol. The largest absolute Gasteiger partial charge is 0.455 e. The van der Waals surface area contributed by atoms with Crippen molar-refractivity contribution < 1.29 is 4.74 Å². The fourth-order valence-electron chi connectivity index (χ4n) is 0.793. The first kappa shape index (κ1) is 13.7. The van der Waals surface area contributed by atoms with Crippen LogP contribution in [0, 0.1) is 0 Å². The average molecular weight is 268 g/mol. The highest BCUT2D eigenvalue weighted by molar-refractivity contribution is 9.10. The molecule has 0 fully saturated rings. The zero-order valence-electron chi connectivity index (χ0n) is 8.74. The number of hydrogen-bond acceptors (Lipinski definition) is 2.